The largest absolute Gasteiger partial charge is 0.351 e. The van der Waals surface area contributed by atoms with Crippen molar-refractivity contribution in [1.29, 1.82) is 0 Å². The van der Waals surface area contributed by atoms with Gasteiger partial charge in [0, 0.05) is 22.7 Å². The lowest BCUT2D eigenvalue weighted by atomic mass is 9.74. The predicted molar refractivity (Wildman–Crippen MR) is 137 cm³/mol. The zero-order valence-electron chi connectivity index (χ0n) is 19.4. The summed E-state index contributed by atoms with van der Waals surface area (Å²) in [6.07, 6.45) is 7.04. The normalized spacial score (nSPS) is 16.7. The summed E-state index contributed by atoms with van der Waals surface area (Å²) in [7, 11) is 0. The van der Waals surface area contributed by atoms with Crippen LogP contribution in [0.2, 0.25) is 0 Å². The smallest absolute Gasteiger partial charge is 0.323 e. The van der Waals surface area contributed by atoms with Gasteiger partial charge >= 0.3 is 6.03 Å². The number of carbonyl (C=O) groups excluding carboxylic acids is 1. The van der Waals surface area contributed by atoms with E-state index in [0.29, 0.717) is 0 Å². The van der Waals surface area contributed by atoms with E-state index < -0.39 is 6.03 Å². The van der Waals surface area contributed by atoms with Crippen LogP contribution in [-0.2, 0) is 12.0 Å². The maximum Gasteiger partial charge on any atom is 0.323 e. The van der Waals surface area contributed by atoms with E-state index in [2.05, 4.69) is 59.5 Å². The minimum absolute atomic E-state index is 0.214. The Labute approximate surface area is 195 Å². The fourth-order valence-corrected chi connectivity index (χ4v) is 5.60. The number of nitrogens with zero attached hydrogens (tertiary/aromatic N) is 2. The summed E-state index contributed by atoms with van der Waals surface area (Å²) in [5, 5.41) is 2.16. The molecule has 1 spiro atoms. The number of nitrogens with two attached hydrogens (primary N) is 1. The number of primary amides is 1. The van der Waals surface area contributed by atoms with Crippen molar-refractivity contribution in [1.82, 2.24) is 9.47 Å². The van der Waals surface area contributed by atoms with Gasteiger partial charge in [0.15, 0.2) is 0 Å². The Kier molecular flexibility index (Phi) is 5.55. The molecule has 1 aliphatic heterocycles. The van der Waals surface area contributed by atoms with E-state index in [1.807, 2.05) is 38.1 Å². The van der Waals surface area contributed by atoms with Gasteiger partial charge in [-0.1, -0.05) is 74.5 Å². The lowest BCUT2D eigenvalue weighted by Gasteiger charge is -2.39. The molecule has 0 bridgehead atoms. The molecular formula is C29H31N3O. The highest BCUT2D eigenvalue weighted by atomic mass is 16.2. The molecule has 2 aliphatic rings. The van der Waals surface area contributed by atoms with Crippen molar-refractivity contribution in [2.45, 2.75) is 38.6 Å². The molecule has 4 aromatic rings. The Morgan fingerprint density at radius 2 is 1.61 bits per heavy atom. The molecule has 1 fully saturated rings. The molecule has 4 nitrogen and oxygen atoms in total. The second kappa shape index (κ2) is 8.53. The molecule has 1 aromatic heterocycles. The highest BCUT2D eigenvalue weighted by Crippen LogP contribution is 2.43. The van der Waals surface area contributed by atoms with E-state index in [-0.39, 0.29) is 5.41 Å². The van der Waals surface area contributed by atoms with Crippen LogP contribution < -0.4 is 5.73 Å². The molecule has 0 unspecified atom stereocenters. The third-order valence-corrected chi connectivity index (χ3v) is 7.19. The first-order valence-electron chi connectivity index (χ1n) is 12.0. The molecule has 0 radical (unpaired) electrons. The fraction of sp³-hybridized carbons (Fsp3) is 0.276. The minimum Gasteiger partial charge on any atom is -0.351 e. The first kappa shape index (κ1) is 21.5. The van der Waals surface area contributed by atoms with Crippen molar-refractivity contribution in [2.24, 2.45) is 5.73 Å². The first-order valence-corrected chi connectivity index (χ1v) is 12.0. The average Bonchev–Trinajstić information content (AvgIpc) is 3.38. The van der Waals surface area contributed by atoms with Crippen molar-refractivity contribution in [3.8, 4) is 0 Å². The summed E-state index contributed by atoms with van der Waals surface area (Å²) in [5.74, 6) is 0. The molecule has 1 aliphatic carbocycles. The molecule has 2 N–H and O–H groups in total. The van der Waals surface area contributed by atoms with E-state index in [0.717, 1.165) is 54.3 Å². The minimum atomic E-state index is -0.440. The van der Waals surface area contributed by atoms with E-state index in [9.17, 15) is 4.79 Å². The highest BCUT2D eigenvalue weighted by Gasteiger charge is 2.37. The van der Waals surface area contributed by atoms with Gasteiger partial charge in [-0.05, 0) is 60.8 Å². The van der Waals surface area contributed by atoms with Gasteiger partial charge in [-0.3, -0.25) is 9.47 Å². The zero-order chi connectivity index (χ0) is 23.0. The summed E-state index contributed by atoms with van der Waals surface area (Å²) in [6.45, 7) is 7.09. The van der Waals surface area contributed by atoms with E-state index in [4.69, 9.17) is 5.73 Å². The van der Waals surface area contributed by atoms with Gasteiger partial charge in [0.05, 0.1) is 11.0 Å². The van der Waals surface area contributed by atoms with Gasteiger partial charge < -0.3 is 5.73 Å². The molecule has 33 heavy (non-hydrogen) atoms. The number of fused-ring (bicyclic) bond motifs is 5. The number of para-hydroxylation sites is 1. The monoisotopic (exact) mass is 437 g/mol. The number of hydrogen-bond donors (Lipinski definition) is 1. The topological polar surface area (TPSA) is 51.3 Å². The number of amides is 1. The van der Waals surface area contributed by atoms with Crippen LogP contribution in [0.4, 0.5) is 4.79 Å². The molecule has 168 valence electrons. The second-order valence-corrected chi connectivity index (χ2v) is 8.90. The van der Waals surface area contributed by atoms with Crippen molar-refractivity contribution in [2.75, 3.05) is 13.1 Å². The van der Waals surface area contributed by atoms with E-state index >= 15 is 0 Å². The number of carbonyl (C=O) groups is 1. The van der Waals surface area contributed by atoms with E-state index in [1.165, 1.54) is 16.7 Å². The SMILES string of the molecule is CC.NC(=O)n1c2ccccc2c2cc(CN3CCC4(C=Cc5ccccc54)CC3)ccc21. The predicted octanol–water partition coefficient (Wildman–Crippen LogP) is 6.31. The van der Waals surface area contributed by atoms with Crippen molar-refractivity contribution < 1.29 is 4.79 Å². The number of rotatable bonds is 2. The molecule has 6 rings (SSSR count). The molecule has 0 atom stereocenters. The standard InChI is InChI=1S/C27H25N3O.C2H6/c28-26(31)30-24-8-4-2-6-21(24)22-17-19(9-10-25(22)30)18-29-15-13-27(14-16-29)12-11-20-5-1-3-7-23(20)27;1-2/h1-12,17H,13-16,18H2,(H2,28,31);1-2H3. The summed E-state index contributed by atoms with van der Waals surface area (Å²) < 4.78 is 1.61. The molecule has 2 heterocycles. The zero-order valence-corrected chi connectivity index (χ0v) is 19.4. The van der Waals surface area contributed by atoms with Crippen LogP contribution in [0.15, 0.2) is 72.8 Å². The van der Waals surface area contributed by atoms with Gasteiger partial charge in [-0.25, -0.2) is 4.79 Å². The van der Waals surface area contributed by atoms with Gasteiger partial charge in [0.25, 0.3) is 0 Å². The average molecular weight is 438 g/mol. The summed E-state index contributed by atoms with van der Waals surface area (Å²) >= 11 is 0. The van der Waals surface area contributed by atoms with Gasteiger partial charge in [0.2, 0.25) is 0 Å². The number of benzene rings is 3. The molecule has 1 amide bonds. The van der Waals surface area contributed by atoms with Crippen LogP contribution >= 0.6 is 0 Å². The third-order valence-electron chi connectivity index (χ3n) is 7.19. The number of piperidine rings is 1. The summed E-state index contributed by atoms with van der Waals surface area (Å²) in [4.78, 5) is 14.6. The number of allylic oxidation sites excluding steroid dienone is 1. The second-order valence-electron chi connectivity index (χ2n) is 8.90. The highest BCUT2D eigenvalue weighted by molar-refractivity contribution is 6.13. The number of aromatic nitrogens is 1. The lowest BCUT2D eigenvalue weighted by molar-refractivity contribution is 0.177. The quantitative estimate of drug-likeness (QED) is 0.400. The first-order chi connectivity index (χ1) is 16.1. The van der Waals surface area contributed by atoms with Crippen molar-refractivity contribution in [3.05, 3.63) is 89.5 Å². The molecule has 4 heteroatoms. The van der Waals surface area contributed by atoms with Crippen LogP contribution in [0.1, 0.15) is 43.4 Å². The fourth-order valence-electron chi connectivity index (χ4n) is 5.60. The Balaban J connectivity index is 0.00000111. The van der Waals surface area contributed by atoms with Crippen molar-refractivity contribution in [3.63, 3.8) is 0 Å². The van der Waals surface area contributed by atoms with Crippen LogP contribution in [-0.4, -0.2) is 28.6 Å². The Morgan fingerprint density at radius 1 is 0.909 bits per heavy atom. The molecule has 1 saturated heterocycles. The third kappa shape index (κ3) is 3.55. The van der Waals surface area contributed by atoms with Gasteiger partial charge in [-0.15, -0.1) is 0 Å². The van der Waals surface area contributed by atoms with Crippen LogP contribution in [0.3, 0.4) is 0 Å². The number of hydrogen-bond acceptors (Lipinski definition) is 2. The Hall–Kier alpha value is -3.37. The molecular weight excluding hydrogens is 406 g/mol. The van der Waals surface area contributed by atoms with Gasteiger partial charge in [-0.2, -0.15) is 0 Å². The maximum atomic E-state index is 12.1. The molecule has 0 saturated carbocycles. The van der Waals surface area contributed by atoms with Crippen LogP contribution in [0.25, 0.3) is 27.9 Å². The van der Waals surface area contributed by atoms with Crippen LogP contribution in [0.5, 0.6) is 0 Å². The maximum absolute atomic E-state index is 12.1. The van der Waals surface area contributed by atoms with E-state index in [1.54, 1.807) is 4.57 Å². The van der Waals surface area contributed by atoms with Gasteiger partial charge in [0.1, 0.15) is 0 Å². The molecule has 3 aromatic carbocycles. The Morgan fingerprint density at radius 3 is 2.39 bits per heavy atom. The summed E-state index contributed by atoms with van der Waals surface area (Å²) in [5.41, 5.74) is 11.8. The van der Waals surface area contributed by atoms with Crippen LogP contribution in [0, 0.1) is 0 Å². The van der Waals surface area contributed by atoms with Crippen molar-refractivity contribution >= 4 is 33.9 Å². The lowest BCUT2D eigenvalue weighted by Crippen LogP contribution is -2.40. The Bertz CT molecular complexity index is 1360. The summed E-state index contributed by atoms with van der Waals surface area (Å²) in [6, 6.07) is 22.8. The number of likely N-dealkylation sites (tertiary alicyclic amines) is 1.